The standard InChI is InChI=1S/C15H24N2O3S/c1-2-10-17-14(18)5-3-8-15(17)9-4-11-16(12-15)21(19,20)13-6-7-13/h2,13H,1,3-12H2. The molecule has 1 atom stereocenters. The highest BCUT2D eigenvalue weighted by Gasteiger charge is 2.49. The molecule has 1 spiro atoms. The lowest BCUT2D eigenvalue weighted by Gasteiger charge is -2.51. The molecule has 0 N–H and O–H groups in total. The first-order valence-electron chi connectivity index (χ1n) is 7.90. The molecule has 0 radical (unpaired) electrons. The molecule has 0 bridgehead atoms. The van der Waals surface area contributed by atoms with Crippen LogP contribution < -0.4 is 0 Å². The number of carbonyl (C=O) groups is 1. The summed E-state index contributed by atoms with van der Waals surface area (Å²) in [6.45, 7) is 5.36. The monoisotopic (exact) mass is 312 g/mol. The Morgan fingerprint density at radius 3 is 2.67 bits per heavy atom. The fourth-order valence-corrected chi connectivity index (χ4v) is 5.77. The SMILES string of the molecule is C=CCN1C(=O)CCCC12CCCN(S(=O)(=O)C1CC1)C2. The third kappa shape index (κ3) is 2.63. The molecule has 1 unspecified atom stereocenters. The summed E-state index contributed by atoms with van der Waals surface area (Å²) < 4.78 is 26.7. The van der Waals surface area contributed by atoms with Crippen LogP contribution in [0.2, 0.25) is 0 Å². The largest absolute Gasteiger partial charge is 0.332 e. The fourth-order valence-electron chi connectivity index (χ4n) is 3.82. The van der Waals surface area contributed by atoms with Crippen molar-refractivity contribution in [2.75, 3.05) is 19.6 Å². The molecule has 1 aliphatic carbocycles. The Morgan fingerprint density at radius 2 is 2.00 bits per heavy atom. The average molecular weight is 312 g/mol. The molecule has 2 aliphatic heterocycles. The second-order valence-electron chi connectivity index (χ2n) is 6.55. The zero-order chi connectivity index (χ0) is 15.1. The van der Waals surface area contributed by atoms with Crippen molar-refractivity contribution in [3.05, 3.63) is 12.7 Å². The van der Waals surface area contributed by atoms with Crippen LogP contribution in [0.1, 0.15) is 44.9 Å². The summed E-state index contributed by atoms with van der Waals surface area (Å²) in [5.74, 6) is 0.145. The first-order valence-corrected chi connectivity index (χ1v) is 9.40. The van der Waals surface area contributed by atoms with Gasteiger partial charge in [0, 0.05) is 26.1 Å². The minimum absolute atomic E-state index is 0.145. The molecule has 2 heterocycles. The van der Waals surface area contributed by atoms with Gasteiger partial charge in [0.05, 0.1) is 10.8 Å². The van der Waals surface area contributed by atoms with Gasteiger partial charge in [-0.05, 0) is 38.5 Å². The topological polar surface area (TPSA) is 57.7 Å². The van der Waals surface area contributed by atoms with Crippen LogP contribution in [0.3, 0.4) is 0 Å². The van der Waals surface area contributed by atoms with Crippen LogP contribution in [0.25, 0.3) is 0 Å². The van der Waals surface area contributed by atoms with Gasteiger partial charge >= 0.3 is 0 Å². The van der Waals surface area contributed by atoms with Crippen molar-refractivity contribution in [3.63, 3.8) is 0 Å². The van der Waals surface area contributed by atoms with E-state index in [-0.39, 0.29) is 16.7 Å². The number of carbonyl (C=O) groups excluding carboxylic acids is 1. The number of hydrogen-bond acceptors (Lipinski definition) is 3. The average Bonchev–Trinajstić information content (AvgIpc) is 3.28. The number of sulfonamides is 1. The van der Waals surface area contributed by atoms with Gasteiger partial charge in [0.15, 0.2) is 0 Å². The normalized spacial score (nSPS) is 31.6. The highest BCUT2D eigenvalue weighted by Crippen LogP contribution is 2.40. The van der Waals surface area contributed by atoms with Crippen LogP contribution in [0, 0.1) is 0 Å². The minimum atomic E-state index is -3.15. The van der Waals surface area contributed by atoms with E-state index < -0.39 is 10.0 Å². The molecule has 6 heteroatoms. The van der Waals surface area contributed by atoms with Crippen LogP contribution in [0.5, 0.6) is 0 Å². The number of nitrogens with zero attached hydrogens (tertiary/aromatic N) is 2. The molecule has 3 fully saturated rings. The minimum Gasteiger partial charge on any atom is -0.332 e. The van der Waals surface area contributed by atoms with E-state index in [9.17, 15) is 13.2 Å². The summed E-state index contributed by atoms with van der Waals surface area (Å²) in [5, 5.41) is -0.167. The number of likely N-dealkylation sites (tertiary alicyclic amines) is 1. The molecule has 5 nitrogen and oxygen atoms in total. The Balaban J connectivity index is 1.85. The maximum Gasteiger partial charge on any atom is 0.223 e. The van der Waals surface area contributed by atoms with Crippen LogP contribution in [0.4, 0.5) is 0 Å². The number of amides is 1. The third-order valence-corrected chi connectivity index (χ3v) is 7.39. The number of hydrogen-bond donors (Lipinski definition) is 0. The number of rotatable bonds is 4. The first-order chi connectivity index (χ1) is 9.99. The van der Waals surface area contributed by atoms with Gasteiger partial charge in [0.2, 0.25) is 15.9 Å². The second kappa shape index (κ2) is 5.39. The van der Waals surface area contributed by atoms with E-state index >= 15 is 0 Å². The van der Waals surface area contributed by atoms with Gasteiger partial charge in [0.1, 0.15) is 0 Å². The smallest absolute Gasteiger partial charge is 0.223 e. The van der Waals surface area contributed by atoms with E-state index in [2.05, 4.69) is 6.58 Å². The summed E-state index contributed by atoms with van der Waals surface area (Å²) in [6.07, 6.45) is 7.43. The van der Waals surface area contributed by atoms with E-state index in [1.807, 2.05) is 4.90 Å². The van der Waals surface area contributed by atoms with Gasteiger partial charge in [-0.2, -0.15) is 4.31 Å². The van der Waals surface area contributed by atoms with Crippen molar-refractivity contribution >= 4 is 15.9 Å². The molecular weight excluding hydrogens is 288 g/mol. The number of piperidine rings is 2. The van der Waals surface area contributed by atoms with Gasteiger partial charge in [0.25, 0.3) is 0 Å². The maximum atomic E-state index is 12.5. The summed E-state index contributed by atoms with van der Waals surface area (Å²) in [6, 6.07) is 0. The Morgan fingerprint density at radius 1 is 1.29 bits per heavy atom. The van der Waals surface area contributed by atoms with Crippen molar-refractivity contribution in [2.24, 2.45) is 0 Å². The van der Waals surface area contributed by atoms with Gasteiger partial charge in [-0.3, -0.25) is 4.79 Å². The van der Waals surface area contributed by atoms with E-state index in [4.69, 9.17) is 0 Å². The molecular formula is C15H24N2O3S. The second-order valence-corrected chi connectivity index (χ2v) is 8.77. The molecule has 2 saturated heterocycles. The zero-order valence-electron chi connectivity index (χ0n) is 12.5. The Bertz CT molecular complexity index is 537. The summed E-state index contributed by atoms with van der Waals surface area (Å²) in [5.41, 5.74) is -0.302. The van der Waals surface area contributed by atoms with E-state index in [1.54, 1.807) is 10.4 Å². The highest BCUT2D eigenvalue weighted by molar-refractivity contribution is 7.90. The predicted octanol–water partition coefficient (Wildman–Crippen LogP) is 1.51. The Kier molecular flexibility index (Phi) is 3.86. The van der Waals surface area contributed by atoms with Gasteiger partial charge < -0.3 is 4.90 Å². The molecule has 0 aromatic heterocycles. The van der Waals surface area contributed by atoms with E-state index in [0.29, 0.717) is 26.1 Å². The van der Waals surface area contributed by atoms with E-state index in [0.717, 1.165) is 38.5 Å². The highest BCUT2D eigenvalue weighted by atomic mass is 32.2. The third-order valence-electron chi connectivity index (χ3n) is 5.04. The van der Waals surface area contributed by atoms with E-state index in [1.165, 1.54) is 0 Å². The molecule has 1 amide bonds. The molecule has 21 heavy (non-hydrogen) atoms. The molecule has 3 aliphatic rings. The molecule has 3 rings (SSSR count). The van der Waals surface area contributed by atoms with Gasteiger partial charge in [-0.1, -0.05) is 6.08 Å². The fraction of sp³-hybridized carbons (Fsp3) is 0.800. The van der Waals surface area contributed by atoms with Crippen molar-refractivity contribution in [3.8, 4) is 0 Å². The Hall–Kier alpha value is -0.880. The van der Waals surface area contributed by atoms with Gasteiger partial charge in [-0.25, -0.2) is 8.42 Å². The van der Waals surface area contributed by atoms with Crippen molar-refractivity contribution in [1.29, 1.82) is 0 Å². The first kappa shape index (κ1) is 15.0. The van der Waals surface area contributed by atoms with Crippen LogP contribution in [-0.2, 0) is 14.8 Å². The van der Waals surface area contributed by atoms with Crippen molar-refractivity contribution in [2.45, 2.75) is 55.7 Å². The predicted molar refractivity (Wildman–Crippen MR) is 81.2 cm³/mol. The summed E-state index contributed by atoms with van der Waals surface area (Å²) >= 11 is 0. The van der Waals surface area contributed by atoms with Crippen molar-refractivity contribution in [1.82, 2.24) is 9.21 Å². The lowest BCUT2D eigenvalue weighted by atomic mass is 9.80. The quantitative estimate of drug-likeness (QED) is 0.739. The Labute approximate surface area is 127 Å². The lowest BCUT2D eigenvalue weighted by molar-refractivity contribution is -0.143. The summed E-state index contributed by atoms with van der Waals surface area (Å²) in [7, 11) is -3.15. The van der Waals surface area contributed by atoms with Crippen LogP contribution in [-0.4, -0.2) is 54.0 Å². The van der Waals surface area contributed by atoms with Crippen LogP contribution >= 0.6 is 0 Å². The molecule has 0 aromatic rings. The lowest BCUT2D eigenvalue weighted by Crippen LogP contribution is -2.63. The van der Waals surface area contributed by atoms with Gasteiger partial charge in [-0.15, -0.1) is 6.58 Å². The molecule has 1 saturated carbocycles. The zero-order valence-corrected chi connectivity index (χ0v) is 13.3. The summed E-state index contributed by atoms with van der Waals surface area (Å²) in [4.78, 5) is 14.2. The molecule has 118 valence electrons. The van der Waals surface area contributed by atoms with Crippen molar-refractivity contribution < 1.29 is 13.2 Å². The maximum absolute atomic E-state index is 12.5. The van der Waals surface area contributed by atoms with Crippen LogP contribution in [0.15, 0.2) is 12.7 Å². The molecule has 0 aromatic carbocycles.